The summed E-state index contributed by atoms with van der Waals surface area (Å²) in [7, 11) is 0. The first-order chi connectivity index (χ1) is 12.2. The topological polar surface area (TPSA) is 61.8 Å². The number of nitrogens with one attached hydrogen (secondary N) is 1. The lowest BCUT2D eigenvalue weighted by Crippen LogP contribution is -2.36. The Bertz CT molecular complexity index is 769. The monoisotopic (exact) mass is 338 g/mol. The molecular formula is C20H22N2O3. The lowest BCUT2D eigenvalue weighted by atomic mass is 10.0. The van der Waals surface area contributed by atoms with Crippen LogP contribution in [0.15, 0.2) is 48.5 Å². The number of aliphatic hydroxyl groups is 1. The Morgan fingerprint density at radius 3 is 2.64 bits per heavy atom. The standard InChI is InChI=1S/C20H22N2O3/c23-14-9-11-22(12-10-14)18-7-3-2-6-17(18)21-20(24)16-13-25-19-8-4-1-5-15(16)19/h1-8,14,16,23H,9-13H2,(H,21,24). The van der Waals surface area contributed by atoms with Crippen LogP contribution in [0.2, 0.25) is 0 Å². The summed E-state index contributed by atoms with van der Waals surface area (Å²) in [4.78, 5) is 15.0. The molecule has 0 bridgehead atoms. The average Bonchev–Trinajstić information content (AvgIpc) is 3.07. The van der Waals surface area contributed by atoms with E-state index in [2.05, 4.69) is 10.2 Å². The highest BCUT2D eigenvalue weighted by Crippen LogP contribution is 2.35. The molecule has 0 aromatic heterocycles. The smallest absolute Gasteiger partial charge is 0.235 e. The number of ether oxygens (including phenoxy) is 1. The number of rotatable bonds is 3. The second-order valence-electron chi connectivity index (χ2n) is 6.63. The summed E-state index contributed by atoms with van der Waals surface area (Å²) >= 11 is 0. The maximum atomic E-state index is 12.8. The van der Waals surface area contributed by atoms with Crippen LogP contribution in [0.5, 0.6) is 5.75 Å². The van der Waals surface area contributed by atoms with Crippen LogP contribution in [0.25, 0.3) is 0 Å². The zero-order valence-corrected chi connectivity index (χ0v) is 14.0. The van der Waals surface area contributed by atoms with Crippen LogP contribution in [0.4, 0.5) is 11.4 Å². The molecule has 1 fully saturated rings. The molecule has 1 unspecified atom stereocenters. The molecule has 5 heteroatoms. The molecule has 1 saturated heterocycles. The fraction of sp³-hybridized carbons (Fsp3) is 0.350. The molecule has 2 aromatic rings. The number of fused-ring (bicyclic) bond motifs is 1. The van der Waals surface area contributed by atoms with E-state index in [0.717, 1.165) is 48.6 Å². The largest absolute Gasteiger partial charge is 0.492 e. The molecule has 0 spiro atoms. The van der Waals surface area contributed by atoms with Gasteiger partial charge in [0.1, 0.15) is 18.3 Å². The van der Waals surface area contributed by atoms with E-state index in [-0.39, 0.29) is 17.9 Å². The van der Waals surface area contributed by atoms with Crippen molar-refractivity contribution in [3.8, 4) is 5.75 Å². The molecule has 25 heavy (non-hydrogen) atoms. The normalized spacial score (nSPS) is 20.0. The SMILES string of the molecule is O=C(Nc1ccccc1N1CCC(O)CC1)C1COc2ccccc21. The van der Waals surface area contributed by atoms with Gasteiger partial charge in [0.15, 0.2) is 0 Å². The molecule has 0 saturated carbocycles. The minimum atomic E-state index is -0.285. The van der Waals surface area contributed by atoms with E-state index in [1.165, 1.54) is 0 Å². The van der Waals surface area contributed by atoms with E-state index >= 15 is 0 Å². The zero-order valence-electron chi connectivity index (χ0n) is 14.0. The van der Waals surface area contributed by atoms with E-state index in [1.807, 2.05) is 48.5 Å². The Kier molecular flexibility index (Phi) is 4.32. The lowest BCUT2D eigenvalue weighted by molar-refractivity contribution is -0.117. The van der Waals surface area contributed by atoms with Crippen molar-refractivity contribution in [2.24, 2.45) is 0 Å². The number of anilines is 2. The molecule has 1 atom stereocenters. The average molecular weight is 338 g/mol. The van der Waals surface area contributed by atoms with Gasteiger partial charge in [-0.1, -0.05) is 30.3 Å². The van der Waals surface area contributed by atoms with Crippen molar-refractivity contribution >= 4 is 17.3 Å². The van der Waals surface area contributed by atoms with Crippen LogP contribution < -0.4 is 15.0 Å². The van der Waals surface area contributed by atoms with Crippen molar-refractivity contribution in [3.05, 3.63) is 54.1 Å². The molecule has 1 amide bonds. The predicted molar refractivity (Wildman–Crippen MR) is 97.2 cm³/mol. The number of hydrogen-bond donors (Lipinski definition) is 2. The van der Waals surface area contributed by atoms with Gasteiger partial charge in [0.05, 0.1) is 17.5 Å². The molecule has 0 aliphatic carbocycles. The second-order valence-corrected chi connectivity index (χ2v) is 6.63. The summed E-state index contributed by atoms with van der Waals surface area (Å²) < 4.78 is 5.63. The lowest BCUT2D eigenvalue weighted by Gasteiger charge is -2.33. The van der Waals surface area contributed by atoms with Crippen molar-refractivity contribution < 1.29 is 14.6 Å². The number of nitrogens with zero attached hydrogens (tertiary/aromatic N) is 1. The summed E-state index contributed by atoms with van der Waals surface area (Å²) in [6.07, 6.45) is 1.29. The Labute approximate surface area is 147 Å². The molecule has 2 aliphatic rings. The van der Waals surface area contributed by atoms with Crippen molar-refractivity contribution in [1.82, 2.24) is 0 Å². The molecule has 2 heterocycles. The van der Waals surface area contributed by atoms with Gasteiger partial charge in [-0.25, -0.2) is 0 Å². The first-order valence-corrected chi connectivity index (χ1v) is 8.77. The molecule has 4 rings (SSSR count). The first-order valence-electron chi connectivity index (χ1n) is 8.77. The number of carbonyl (C=O) groups excluding carboxylic acids is 1. The van der Waals surface area contributed by atoms with Crippen LogP contribution in [0.1, 0.15) is 24.3 Å². The van der Waals surface area contributed by atoms with E-state index < -0.39 is 0 Å². The fourth-order valence-electron chi connectivity index (χ4n) is 3.56. The van der Waals surface area contributed by atoms with Crippen LogP contribution in [-0.4, -0.2) is 36.8 Å². The number of aliphatic hydroxyl groups excluding tert-OH is 1. The van der Waals surface area contributed by atoms with Crippen molar-refractivity contribution in [2.75, 3.05) is 29.9 Å². The predicted octanol–water partition coefficient (Wildman–Crippen LogP) is 2.76. The van der Waals surface area contributed by atoms with Gasteiger partial charge in [0.25, 0.3) is 0 Å². The van der Waals surface area contributed by atoms with Crippen LogP contribution in [-0.2, 0) is 4.79 Å². The van der Waals surface area contributed by atoms with Crippen molar-refractivity contribution in [1.29, 1.82) is 0 Å². The zero-order chi connectivity index (χ0) is 17.2. The Morgan fingerprint density at radius 1 is 1.08 bits per heavy atom. The maximum absolute atomic E-state index is 12.8. The summed E-state index contributed by atoms with van der Waals surface area (Å²) in [5.41, 5.74) is 2.77. The van der Waals surface area contributed by atoms with E-state index in [4.69, 9.17) is 4.74 Å². The number of carbonyl (C=O) groups is 1. The third-order valence-electron chi connectivity index (χ3n) is 4.98. The molecule has 2 aliphatic heterocycles. The van der Waals surface area contributed by atoms with Gasteiger partial charge in [-0.15, -0.1) is 0 Å². The molecule has 2 aromatic carbocycles. The summed E-state index contributed by atoms with van der Waals surface area (Å²) in [6, 6.07) is 15.5. The third kappa shape index (κ3) is 3.20. The van der Waals surface area contributed by atoms with Crippen LogP contribution in [0, 0.1) is 0 Å². The number of piperidine rings is 1. The fourth-order valence-corrected chi connectivity index (χ4v) is 3.56. The van der Waals surface area contributed by atoms with E-state index in [9.17, 15) is 9.90 Å². The van der Waals surface area contributed by atoms with Crippen LogP contribution >= 0.6 is 0 Å². The highest BCUT2D eigenvalue weighted by molar-refractivity contribution is 5.99. The van der Waals surface area contributed by atoms with Gasteiger partial charge in [-0.05, 0) is 31.0 Å². The molecular weight excluding hydrogens is 316 g/mol. The Balaban J connectivity index is 1.53. The Morgan fingerprint density at radius 2 is 1.80 bits per heavy atom. The second kappa shape index (κ2) is 6.76. The quantitative estimate of drug-likeness (QED) is 0.903. The van der Waals surface area contributed by atoms with Crippen molar-refractivity contribution in [2.45, 2.75) is 24.9 Å². The minimum Gasteiger partial charge on any atom is -0.492 e. The number of benzene rings is 2. The Hall–Kier alpha value is -2.53. The summed E-state index contributed by atoms with van der Waals surface area (Å²) in [5, 5.41) is 12.8. The van der Waals surface area contributed by atoms with Gasteiger partial charge < -0.3 is 20.1 Å². The van der Waals surface area contributed by atoms with E-state index in [0.29, 0.717) is 6.61 Å². The third-order valence-corrected chi connectivity index (χ3v) is 4.98. The van der Waals surface area contributed by atoms with Gasteiger partial charge in [-0.3, -0.25) is 4.79 Å². The molecule has 5 nitrogen and oxygen atoms in total. The highest BCUT2D eigenvalue weighted by atomic mass is 16.5. The molecule has 130 valence electrons. The number of para-hydroxylation sites is 3. The van der Waals surface area contributed by atoms with Crippen LogP contribution in [0.3, 0.4) is 0 Å². The summed E-state index contributed by atoms with van der Waals surface area (Å²) in [6.45, 7) is 1.97. The van der Waals surface area contributed by atoms with Crippen molar-refractivity contribution in [3.63, 3.8) is 0 Å². The minimum absolute atomic E-state index is 0.0468. The maximum Gasteiger partial charge on any atom is 0.235 e. The first kappa shape index (κ1) is 16.0. The molecule has 2 N–H and O–H groups in total. The van der Waals surface area contributed by atoms with E-state index in [1.54, 1.807) is 0 Å². The highest BCUT2D eigenvalue weighted by Gasteiger charge is 2.30. The number of amides is 1. The van der Waals surface area contributed by atoms with Gasteiger partial charge in [-0.2, -0.15) is 0 Å². The molecule has 0 radical (unpaired) electrons. The number of hydrogen-bond acceptors (Lipinski definition) is 4. The van der Waals surface area contributed by atoms with Gasteiger partial charge >= 0.3 is 0 Å². The van der Waals surface area contributed by atoms with Gasteiger partial charge in [0, 0.05) is 18.7 Å². The summed E-state index contributed by atoms with van der Waals surface area (Å²) in [5.74, 6) is 0.461. The van der Waals surface area contributed by atoms with Gasteiger partial charge in [0.2, 0.25) is 5.91 Å².